The molecule has 0 spiro atoms. The van der Waals surface area contributed by atoms with Gasteiger partial charge < -0.3 is 5.32 Å². The van der Waals surface area contributed by atoms with Crippen LogP contribution in [0.3, 0.4) is 0 Å². The zero-order valence-electron chi connectivity index (χ0n) is 10.2. The standard InChI is InChI=1S/C12H17ClN4/c1-3-12(2,5-6-13)16-11-10-4-7-15-17(10)9-8-14-11/h4,7-9H,3,5-6H2,1-2H3,(H,14,16). The van der Waals surface area contributed by atoms with Crippen LogP contribution < -0.4 is 5.32 Å². The van der Waals surface area contributed by atoms with E-state index in [1.807, 2.05) is 16.8 Å². The van der Waals surface area contributed by atoms with E-state index in [0.717, 1.165) is 24.2 Å². The number of halogens is 1. The van der Waals surface area contributed by atoms with Crippen molar-refractivity contribution < 1.29 is 0 Å². The normalized spacial score (nSPS) is 14.8. The lowest BCUT2D eigenvalue weighted by Gasteiger charge is -2.29. The third kappa shape index (κ3) is 2.52. The number of nitrogens with zero attached hydrogens (tertiary/aromatic N) is 3. The maximum absolute atomic E-state index is 5.85. The van der Waals surface area contributed by atoms with Crippen LogP contribution in [0, 0.1) is 0 Å². The highest BCUT2D eigenvalue weighted by atomic mass is 35.5. The number of aromatic nitrogens is 3. The minimum Gasteiger partial charge on any atom is -0.363 e. The van der Waals surface area contributed by atoms with E-state index < -0.39 is 0 Å². The summed E-state index contributed by atoms with van der Waals surface area (Å²) in [5, 5.41) is 7.67. The van der Waals surface area contributed by atoms with Gasteiger partial charge in [0, 0.05) is 23.8 Å². The first kappa shape index (κ1) is 12.2. The Bertz CT molecular complexity index is 496. The second-order valence-electron chi connectivity index (χ2n) is 4.42. The molecule has 2 rings (SSSR count). The summed E-state index contributed by atoms with van der Waals surface area (Å²) in [5.41, 5.74) is 0.961. The highest BCUT2D eigenvalue weighted by Crippen LogP contribution is 2.23. The zero-order valence-corrected chi connectivity index (χ0v) is 10.9. The van der Waals surface area contributed by atoms with Crippen molar-refractivity contribution in [1.82, 2.24) is 14.6 Å². The fourth-order valence-corrected chi connectivity index (χ4v) is 2.19. The molecule has 2 heterocycles. The van der Waals surface area contributed by atoms with Gasteiger partial charge in [-0.1, -0.05) is 6.92 Å². The molecular formula is C12H17ClN4. The number of hydrogen-bond donors (Lipinski definition) is 1. The fourth-order valence-electron chi connectivity index (χ4n) is 1.78. The van der Waals surface area contributed by atoms with E-state index in [0.29, 0.717) is 5.88 Å². The lowest BCUT2D eigenvalue weighted by molar-refractivity contribution is 0.479. The van der Waals surface area contributed by atoms with E-state index in [1.54, 1.807) is 12.4 Å². The number of anilines is 1. The molecule has 0 aliphatic heterocycles. The van der Waals surface area contributed by atoms with Crippen LogP contribution in [0.4, 0.5) is 5.82 Å². The molecule has 0 saturated carbocycles. The molecule has 0 aliphatic carbocycles. The van der Waals surface area contributed by atoms with Gasteiger partial charge >= 0.3 is 0 Å². The second-order valence-corrected chi connectivity index (χ2v) is 4.79. The molecule has 1 atom stereocenters. The molecular weight excluding hydrogens is 236 g/mol. The van der Waals surface area contributed by atoms with Crippen LogP contribution in [-0.4, -0.2) is 26.0 Å². The maximum atomic E-state index is 5.85. The number of fused-ring (bicyclic) bond motifs is 1. The first-order valence-corrected chi connectivity index (χ1v) is 6.34. The average Bonchev–Trinajstić information content (AvgIpc) is 2.78. The van der Waals surface area contributed by atoms with Gasteiger partial charge in [0.15, 0.2) is 5.82 Å². The third-order valence-corrected chi connectivity index (χ3v) is 3.36. The van der Waals surface area contributed by atoms with Crippen LogP contribution in [0.1, 0.15) is 26.7 Å². The Kier molecular flexibility index (Phi) is 3.52. The molecule has 0 aromatic carbocycles. The minimum atomic E-state index is -0.0269. The Morgan fingerprint density at radius 3 is 3.00 bits per heavy atom. The maximum Gasteiger partial charge on any atom is 0.152 e. The van der Waals surface area contributed by atoms with Crippen molar-refractivity contribution in [3.05, 3.63) is 24.7 Å². The Balaban J connectivity index is 2.31. The molecule has 5 heteroatoms. The van der Waals surface area contributed by atoms with Crippen molar-refractivity contribution in [3.8, 4) is 0 Å². The molecule has 1 unspecified atom stereocenters. The van der Waals surface area contributed by atoms with Gasteiger partial charge in [-0.05, 0) is 25.8 Å². The van der Waals surface area contributed by atoms with E-state index in [9.17, 15) is 0 Å². The molecule has 0 saturated heterocycles. The molecule has 0 fully saturated rings. The summed E-state index contributed by atoms with van der Waals surface area (Å²) in [6.45, 7) is 4.31. The van der Waals surface area contributed by atoms with Crippen LogP contribution in [-0.2, 0) is 0 Å². The molecule has 0 radical (unpaired) electrons. The summed E-state index contributed by atoms with van der Waals surface area (Å²) in [5.74, 6) is 1.50. The summed E-state index contributed by atoms with van der Waals surface area (Å²) in [6.07, 6.45) is 7.26. The number of alkyl halides is 1. The molecule has 2 aromatic heterocycles. The van der Waals surface area contributed by atoms with Gasteiger partial charge in [-0.25, -0.2) is 9.50 Å². The largest absolute Gasteiger partial charge is 0.363 e. The molecule has 1 N–H and O–H groups in total. The zero-order chi connectivity index (χ0) is 12.3. The molecule has 17 heavy (non-hydrogen) atoms. The van der Waals surface area contributed by atoms with Gasteiger partial charge in [-0.2, -0.15) is 5.10 Å². The SMILES string of the molecule is CCC(C)(CCCl)Nc1nccn2nccc12. The van der Waals surface area contributed by atoms with Crippen LogP contribution in [0.25, 0.3) is 5.52 Å². The Morgan fingerprint density at radius 1 is 1.47 bits per heavy atom. The second kappa shape index (κ2) is 4.92. The minimum absolute atomic E-state index is 0.0269. The highest BCUT2D eigenvalue weighted by molar-refractivity contribution is 6.17. The van der Waals surface area contributed by atoms with Crippen molar-refractivity contribution in [2.45, 2.75) is 32.2 Å². The van der Waals surface area contributed by atoms with Crippen LogP contribution in [0.2, 0.25) is 0 Å². The topological polar surface area (TPSA) is 42.2 Å². The van der Waals surface area contributed by atoms with Gasteiger partial charge in [-0.15, -0.1) is 11.6 Å². The van der Waals surface area contributed by atoms with Crippen molar-refractivity contribution in [2.24, 2.45) is 0 Å². The summed E-state index contributed by atoms with van der Waals surface area (Å²) in [4.78, 5) is 4.38. The van der Waals surface area contributed by atoms with Crippen LogP contribution in [0.5, 0.6) is 0 Å². The van der Waals surface area contributed by atoms with Gasteiger partial charge in [0.25, 0.3) is 0 Å². The van der Waals surface area contributed by atoms with Gasteiger partial charge in [0.1, 0.15) is 5.52 Å². The van der Waals surface area contributed by atoms with Crippen LogP contribution in [0.15, 0.2) is 24.7 Å². The predicted octanol–water partition coefficient (Wildman–Crippen LogP) is 2.94. The van der Waals surface area contributed by atoms with Crippen molar-refractivity contribution in [1.29, 1.82) is 0 Å². The quantitative estimate of drug-likeness (QED) is 0.832. The van der Waals surface area contributed by atoms with E-state index in [2.05, 4.69) is 29.2 Å². The third-order valence-electron chi connectivity index (χ3n) is 3.17. The van der Waals surface area contributed by atoms with Crippen molar-refractivity contribution in [3.63, 3.8) is 0 Å². The van der Waals surface area contributed by atoms with E-state index in [-0.39, 0.29) is 5.54 Å². The monoisotopic (exact) mass is 252 g/mol. The van der Waals surface area contributed by atoms with Gasteiger partial charge in [-0.3, -0.25) is 0 Å². The number of rotatable bonds is 5. The Labute approximate surface area is 106 Å². The summed E-state index contributed by atoms with van der Waals surface area (Å²) >= 11 is 5.85. The molecule has 0 aliphatic rings. The van der Waals surface area contributed by atoms with Crippen molar-refractivity contribution in [2.75, 3.05) is 11.2 Å². The first-order chi connectivity index (χ1) is 8.18. The first-order valence-electron chi connectivity index (χ1n) is 5.81. The Hall–Kier alpha value is -1.29. The molecule has 0 amide bonds. The number of nitrogens with one attached hydrogen (secondary N) is 1. The Morgan fingerprint density at radius 2 is 2.29 bits per heavy atom. The van der Waals surface area contributed by atoms with Gasteiger partial charge in [0.05, 0.1) is 6.20 Å². The van der Waals surface area contributed by atoms with Crippen LogP contribution >= 0.6 is 11.6 Å². The summed E-state index contributed by atoms with van der Waals surface area (Å²) in [7, 11) is 0. The predicted molar refractivity (Wildman–Crippen MR) is 70.6 cm³/mol. The number of hydrogen-bond acceptors (Lipinski definition) is 3. The summed E-state index contributed by atoms with van der Waals surface area (Å²) < 4.78 is 1.81. The van der Waals surface area contributed by atoms with E-state index in [4.69, 9.17) is 11.6 Å². The van der Waals surface area contributed by atoms with E-state index >= 15 is 0 Å². The lowest BCUT2D eigenvalue weighted by Crippen LogP contribution is -2.35. The fraction of sp³-hybridized carbons (Fsp3) is 0.500. The van der Waals surface area contributed by atoms with E-state index in [1.165, 1.54) is 0 Å². The smallest absolute Gasteiger partial charge is 0.152 e. The average molecular weight is 253 g/mol. The molecule has 4 nitrogen and oxygen atoms in total. The van der Waals surface area contributed by atoms with Gasteiger partial charge in [0.2, 0.25) is 0 Å². The van der Waals surface area contributed by atoms with Crippen molar-refractivity contribution >= 4 is 22.9 Å². The highest BCUT2D eigenvalue weighted by Gasteiger charge is 2.22. The summed E-state index contributed by atoms with van der Waals surface area (Å²) in [6, 6.07) is 1.95. The molecule has 92 valence electrons. The molecule has 2 aromatic rings. The molecule has 0 bridgehead atoms. The lowest BCUT2D eigenvalue weighted by atomic mass is 9.95.